The summed E-state index contributed by atoms with van der Waals surface area (Å²) in [6, 6.07) is 5.94. The van der Waals surface area contributed by atoms with Gasteiger partial charge in [-0.15, -0.1) is 0 Å². The van der Waals surface area contributed by atoms with E-state index in [9.17, 15) is 0 Å². The quantitative estimate of drug-likeness (QED) is 0.635. The van der Waals surface area contributed by atoms with Crippen molar-refractivity contribution in [1.29, 1.82) is 0 Å². The molecule has 1 N–H and O–H groups in total. The SMILES string of the molecule is COCCNCc1ccc(OC)c(OCCOC(C)C)c1. The highest BCUT2D eigenvalue weighted by molar-refractivity contribution is 5.42. The average molecular weight is 297 g/mol. The van der Waals surface area contributed by atoms with Crippen LogP contribution in [0.15, 0.2) is 18.2 Å². The largest absolute Gasteiger partial charge is 0.493 e. The predicted molar refractivity (Wildman–Crippen MR) is 83.2 cm³/mol. The Morgan fingerprint density at radius 2 is 1.86 bits per heavy atom. The van der Waals surface area contributed by atoms with Crippen LogP contribution in [0.4, 0.5) is 0 Å². The summed E-state index contributed by atoms with van der Waals surface area (Å²) in [7, 11) is 3.34. The summed E-state index contributed by atoms with van der Waals surface area (Å²) in [5.74, 6) is 1.48. The van der Waals surface area contributed by atoms with Crippen molar-refractivity contribution in [3.05, 3.63) is 23.8 Å². The zero-order chi connectivity index (χ0) is 15.5. The smallest absolute Gasteiger partial charge is 0.161 e. The lowest BCUT2D eigenvalue weighted by atomic mass is 10.2. The van der Waals surface area contributed by atoms with Gasteiger partial charge in [0.1, 0.15) is 6.61 Å². The van der Waals surface area contributed by atoms with Gasteiger partial charge >= 0.3 is 0 Å². The van der Waals surface area contributed by atoms with Gasteiger partial charge < -0.3 is 24.3 Å². The third kappa shape index (κ3) is 7.32. The second kappa shape index (κ2) is 10.4. The van der Waals surface area contributed by atoms with E-state index in [4.69, 9.17) is 18.9 Å². The van der Waals surface area contributed by atoms with E-state index in [1.807, 2.05) is 32.0 Å². The molecule has 0 heterocycles. The summed E-state index contributed by atoms with van der Waals surface area (Å²) in [5.41, 5.74) is 1.15. The molecule has 0 atom stereocenters. The number of ether oxygens (including phenoxy) is 4. The van der Waals surface area contributed by atoms with Gasteiger partial charge in [0.25, 0.3) is 0 Å². The van der Waals surface area contributed by atoms with Crippen LogP contribution in [0.3, 0.4) is 0 Å². The minimum atomic E-state index is 0.215. The Labute approximate surface area is 127 Å². The lowest BCUT2D eigenvalue weighted by Crippen LogP contribution is -2.18. The van der Waals surface area contributed by atoms with Crippen LogP contribution in [0.1, 0.15) is 19.4 Å². The first-order valence-electron chi connectivity index (χ1n) is 7.28. The molecule has 0 unspecified atom stereocenters. The van der Waals surface area contributed by atoms with Crippen molar-refractivity contribution in [2.45, 2.75) is 26.5 Å². The molecule has 5 heteroatoms. The molecule has 0 spiro atoms. The summed E-state index contributed by atoms with van der Waals surface area (Å²) >= 11 is 0. The molecule has 1 rings (SSSR count). The first-order valence-corrected chi connectivity index (χ1v) is 7.28. The summed E-state index contributed by atoms with van der Waals surface area (Å²) in [6.45, 7) is 7.38. The minimum Gasteiger partial charge on any atom is -0.493 e. The first-order chi connectivity index (χ1) is 10.2. The molecule has 1 aromatic rings. The van der Waals surface area contributed by atoms with Gasteiger partial charge in [-0.1, -0.05) is 6.07 Å². The molecule has 0 fully saturated rings. The molecule has 0 amide bonds. The molecule has 0 bridgehead atoms. The average Bonchev–Trinajstić information content (AvgIpc) is 2.48. The molecule has 1 aromatic carbocycles. The molecule has 0 aliphatic carbocycles. The van der Waals surface area contributed by atoms with Gasteiger partial charge in [0, 0.05) is 20.2 Å². The molecule has 0 aliphatic heterocycles. The molecule has 0 radical (unpaired) electrons. The number of benzene rings is 1. The summed E-state index contributed by atoms with van der Waals surface area (Å²) in [5, 5.41) is 3.30. The van der Waals surface area contributed by atoms with Crippen molar-refractivity contribution in [2.24, 2.45) is 0 Å². The Bertz CT molecular complexity index is 396. The van der Waals surface area contributed by atoms with Crippen LogP contribution in [-0.4, -0.2) is 46.7 Å². The monoisotopic (exact) mass is 297 g/mol. The van der Waals surface area contributed by atoms with Gasteiger partial charge in [0.2, 0.25) is 0 Å². The van der Waals surface area contributed by atoms with Crippen LogP contribution in [-0.2, 0) is 16.0 Å². The van der Waals surface area contributed by atoms with E-state index in [0.717, 1.165) is 30.2 Å². The lowest BCUT2D eigenvalue weighted by molar-refractivity contribution is 0.0546. The van der Waals surface area contributed by atoms with Crippen molar-refractivity contribution in [3.8, 4) is 11.5 Å². The molecule has 5 nitrogen and oxygen atoms in total. The Morgan fingerprint density at radius 3 is 2.52 bits per heavy atom. The first kappa shape index (κ1) is 17.8. The summed E-state index contributed by atoms with van der Waals surface area (Å²) < 4.78 is 21.5. The molecule has 21 heavy (non-hydrogen) atoms. The van der Waals surface area contributed by atoms with Crippen LogP contribution in [0.25, 0.3) is 0 Å². The van der Waals surface area contributed by atoms with Gasteiger partial charge in [-0.3, -0.25) is 0 Å². The van der Waals surface area contributed by atoms with Gasteiger partial charge in [-0.2, -0.15) is 0 Å². The third-order valence-corrected chi connectivity index (χ3v) is 2.83. The van der Waals surface area contributed by atoms with Crippen LogP contribution in [0.5, 0.6) is 11.5 Å². The second-order valence-corrected chi connectivity index (χ2v) is 4.92. The van der Waals surface area contributed by atoms with Crippen LogP contribution in [0, 0.1) is 0 Å². The summed E-state index contributed by atoms with van der Waals surface area (Å²) in [6.07, 6.45) is 0.215. The molecule has 120 valence electrons. The van der Waals surface area contributed by atoms with Crippen molar-refractivity contribution in [2.75, 3.05) is 40.6 Å². The number of rotatable bonds is 11. The van der Waals surface area contributed by atoms with Crippen LogP contribution >= 0.6 is 0 Å². The number of hydrogen-bond acceptors (Lipinski definition) is 5. The molecule has 0 saturated heterocycles. The van der Waals surface area contributed by atoms with Crippen molar-refractivity contribution >= 4 is 0 Å². The minimum absolute atomic E-state index is 0.215. The number of hydrogen-bond donors (Lipinski definition) is 1. The maximum atomic E-state index is 5.74. The van der Waals surface area contributed by atoms with E-state index in [-0.39, 0.29) is 6.10 Å². The number of nitrogens with one attached hydrogen (secondary N) is 1. The fourth-order valence-corrected chi connectivity index (χ4v) is 1.79. The standard InChI is InChI=1S/C16H27NO4/c1-13(2)20-9-10-21-16-11-14(5-6-15(16)19-4)12-17-7-8-18-3/h5-6,11,13,17H,7-10,12H2,1-4H3. The maximum Gasteiger partial charge on any atom is 0.161 e. The Morgan fingerprint density at radius 1 is 1.05 bits per heavy atom. The number of methoxy groups -OCH3 is 2. The van der Waals surface area contributed by atoms with E-state index < -0.39 is 0 Å². The molecular weight excluding hydrogens is 270 g/mol. The predicted octanol–water partition coefficient (Wildman–Crippen LogP) is 2.23. The molecule has 0 aliphatic rings. The lowest BCUT2D eigenvalue weighted by Gasteiger charge is -2.13. The Hall–Kier alpha value is -1.30. The van der Waals surface area contributed by atoms with Gasteiger partial charge in [-0.25, -0.2) is 0 Å². The van der Waals surface area contributed by atoms with Crippen molar-refractivity contribution in [1.82, 2.24) is 5.32 Å². The van der Waals surface area contributed by atoms with E-state index in [0.29, 0.717) is 19.8 Å². The van der Waals surface area contributed by atoms with Crippen molar-refractivity contribution in [3.63, 3.8) is 0 Å². The van der Waals surface area contributed by atoms with Crippen LogP contribution in [0.2, 0.25) is 0 Å². The second-order valence-electron chi connectivity index (χ2n) is 4.92. The van der Waals surface area contributed by atoms with Gasteiger partial charge in [-0.05, 0) is 31.5 Å². The highest BCUT2D eigenvalue weighted by Crippen LogP contribution is 2.28. The zero-order valence-corrected chi connectivity index (χ0v) is 13.5. The van der Waals surface area contributed by atoms with Gasteiger partial charge in [0.15, 0.2) is 11.5 Å². The highest BCUT2D eigenvalue weighted by atomic mass is 16.5. The fraction of sp³-hybridized carbons (Fsp3) is 0.625. The van der Waals surface area contributed by atoms with E-state index in [2.05, 4.69) is 5.32 Å². The normalized spacial score (nSPS) is 10.9. The Balaban J connectivity index is 2.50. The Kier molecular flexibility index (Phi) is 8.82. The van der Waals surface area contributed by atoms with E-state index in [1.54, 1.807) is 14.2 Å². The van der Waals surface area contributed by atoms with E-state index in [1.165, 1.54) is 0 Å². The highest BCUT2D eigenvalue weighted by Gasteiger charge is 2.06. The van der Waals surface area contributed by atoms with Crippen molar-refractivity contribution < 1.29 is 18.9 Å². The van der Waals surface area contributed by atoms with E-state index >= 15 is 0 Å². The molecular formula is C16H27NO4. The zero-order valence-electron chi connectivity index (χ0n) is 13.5. The third-order valence-electron chi connectivity index (χ3n) is 2.83. The summed E-state index contributed by atoms with van der Waals surface area (Å²) in [4.78, 5) is 0. The fourth-order valence-electron chi connectivity index (χ4n) is 1.79. The topological polar surface area (TPSA) is 49.0 Å². The molecule has 0 saturated carbocycles. The van der Waals surface area contributed by atoms with Crippen LogP contribution < -0.4 is 14.8 Å². The maximum absolute atomic E-state index is 5.74. The van der Waals surface area contributed by atoms with Gasteiger partial charge in [0.05, 0.1) is 26.4 Å². The molecule has 0 aromatic heterocycles.